The highest BCUT2D eigenvalue weighted by Gasteiger charge is 2.25. The number of unbranched alkanes of at least 4 members (excludes halogenated alkanes) is 1. The largest absolute Gasteiger partial charge is 0.496 e. The van der Waals surface area contributed by atoms with Crippen molar-refractivity contribution in [3.05, 3.63) is 48.5 Å². The van der Waals surface area contributed by atoms with Crippen LogP contribution in [0.2, 0.25) is 0 Å². The molecule has 0 saturated heterocycles. The van der Waals surface area contributed by atoms with Gasteiger partial charge in [0.1, 0.15) is 11.0 Å². The number of methoxy groups -OCH3 is 1. The molecule has 0 bridgehead atoms. The number of ether oxygens (including phenoxy) is 2. The van der Waals surface area contributed by atoms with Gasteiger partial charge in [0.2, 0.25) is 0 Å². The van der Waals surface area contributed by atoms with E-state index >= 15 is 0 Å². The standard InChI is InChI=1S/C24H26N4O3S/c1-4-6-15-20(23(29)31-5-2)32-24-25-18-13-9-7-11-16(18)22-26-21(27-28(22)24)17-12-8-10-14-19(17)30-3/h7-14,20H,4-6,15H2,1-3H3/t20-/m1/s1. The molecule has 7 nitrogen and oxygen atoms in total. The molecule has 0 fully saturated rings. The minimum absolute atomic E-state index is 0.223. The van der Waals surface area contributed by atoms with E-state index in [1.165, 1.54) is 11.8 Å². The molecular weight excluding hydrogens is 424 g/mol. The normalized spacial score (nSPS) is 12.2. The first-order valence-corrected chi connectivity index (χ1v) is 11.7. The third kappa shape index (κ3) is 4.41. The van der Waals surface area contributed by atoms with Gasteiger partial charge in [0.25, 0.3) is 0 Å². The molecule has 4 aromatic rings. The zero-order valence-corrected chi connectivity index (χ0v) is 19.3. The van der Waals surface area contributed by atoms with Gasteiger partial charge in [0, 0.05) is 5.39 Å². The zero-order chi connectivity index (χ0) is 22.5. The molecule has 32 heavy (non-hydrogen) atoms. The third-order valence-corrected chi connectivity index (χ3v) is 6.30. The molecule has 0 saturated carbocycles. The van der Waals surface area contributed by atoms with Crippen LogP contribution in [0.1, 0.15) is 33.1 Å². The van der Waals surface area contributed by atoms with Crippen LogP contribution in [0.15, 0.2) is 53.7 Å². The monoisotopic (exact) mass is 450 g/mol. The van der Waals surface area contributed by atoms with Gasteiger partial charge in [-0.2, -0.15) is 4.52 Å². The molecule has 0 spiro atoms. The van der Waals surface area contributed by atoms with Gasteiger partial charge in [0.15, 0.2) is 16.6 Å². The third-order valence-electron chi connectivity index (χ3n) is 5.11. The van der Waals surface area contributed by atoms with E-state index in [0.29, 0.717) is 35.4 Å². The van der Waals surface area contributed by atoms with Gasteiger partial charge >= 0.3 is 5.97 Å². The predicted molar refractivity (Wildman–Crippen MR) is 126 cm³/mol. The van der Waals surface area contributed by atoms with Gasteiger partial charge in [-0.1, -0.05) is 55.8 Å². The van der Waals surface area contributed by atoms with Crippen LogP contribution in [0.5, 0.6) is 5.75 Å². The van der Waals surface area contributed by atoms with E-state index in [1.807, 2.05) is 55.5 Å². The Hall–Kier alpha value is -3.13. The molecule has 8 heteroatoms. The van der Waals surface area contributed by atoms with Crippen molar-refractivity contribution in [1.29, 1.82) is 0 Å². The summed E-state index contributed by atoms with van der Waals surface area (Å²) in [5.74, 6) is 1.02. The fourth-order valence-corrected chi connectivity index (χ4v) is 4.61. The maximum absolute atomic E-state index is 12.6. The maximum atomic E-state index is 12.6. The van der Waals surface area contributed by atoms with Crippen molar-refractivity contribution in [2.24, 2.45) is 0 Å². The smallest absolute Gasteiger partial charge is 0.319 e. The molecule has 2 aromatic heterocycles. The van der Waals surface area contributed by atoms with Gasteiger partial charge in [-0.05, 0) is 37.6 Å². The van der Waals surface area contributed by atoms with E-state index < -0.39 is 0 Å². The van der Waals surface area contributed by atoms with Gasteiger partial charge in [0.05, 0.1) is 24.8 Å². The Morgan fingerprint density at radius 2 is 1.88 bits per heavy atom. The lowest BCUT2D eigenvalue weighted by molar-refractivity contribution is -0.142. The Labute approximate surface area is 191 Å². The van der Waals surface area contributed by atoms with Crippen LogP contribution in [0.25, 0.3) is 27.9 Å². The zero-order valence-electron chi connectivity index (χ0n) is 18.4. The lowest BCUT2D eigenvalue weighted by Gasteiger charge is -2.15. The van der Waals surface area contributed by atoms with E-state index in [1.54, 1.807) is 11.6 Å². The van der Waals surface area contributed by atoms with Crippen LogP contribution in [0.3, 0.4) is 0 Å². The first-order chi connectivity index (χ1) is 15.7. The lowest BCUT2D eigenvalue weighted by atomic mass is 10.2. The highest BCUT2D eigenvalue weighted by Crippen LogP contribution is 2.32. The van der Waals surface area contributed by atoms with Crippen molar-refractivity contribution in [1.82, 2.24) is 19.6 Å². The number of carbonyl (C=O) groups is 1. The molecule has 0 N–H and O–H groups in total. The number of hydrogen-bond acceptors (Lipinski definition) is 7. The molecule has 0 radical (unpaired) electrons. The van der Waals surface area contributed by atoms with Crippen molar-refractivity contribution in [3.8, 4) is 17.1 Å². The summed E-state index contributed by atoms with van der Waals surface area (Å²) in [5.41, 5.74) is 2.29. The predicted octanol–water partition coefficient (Wildman–Crippen LogP) is 5.17. The van der Waals surface area contributed by atoms with Crippen LogP contribution < -0.4 is 4.74 Å². The quantitative estimate of drug-likeness (QED) is 0.198. The van der Waals surface area contributed by atoms with Crippen molar-refractivity contribution >= 4 is 34.3 Å². The van der Waals surface area contributed by atoms with E-state index in [-0.39, 0.29) is 11.2 Å². The van der Waals surface area contributed by atoms with Crippen molar-refractivity contribution in [3.63, 3.8) is 0 Å². The van der Waals surface area contributed by atoms with Crippen molar-refractivity contribution < 1.29 is 14.3 Å². The molecule has 2 heterocycles. The van der Waals surface area contributed by atoms with E-state index in [9.17, 15) is 4.79 Å². The van der Waals surface area contributed by atoms with Gasteiger partial charge in [-0.15, -0.1) is 5.10 Å². The first-order valence-electron chi connectivity index (χ1n) is 10.8. The summed E-state index contributed by atoms with van der Waals surface area (Å²) in [6, 6.07) is 15.5. The van der Waals surface area contributed by atoms with Gasteiger partial charge in [-0.25, -0.2) is 9.97 Å². The number of nitrogens with zero attached hydrogens (tertiary/aromatic N) is 4. The second-order valence-corrected chi connectivity index (χ2v) is 8.45. The van der Waals surface area contributed by atoms with Crippen LogP contribution >= 0.6 is 11.8 Å². The summed E-state index contributed by atoms with van der Waals surface area (Å²) in [6.45, 7) is 4.28. The molecule has 2 aromatic carbocycles. The minimum Gasteiger partial charge on any atom is -0.496 e. The van der Waals surface area contributed by atoms with E-state index in [2.05, 4.69) is 6.92 Å². The Balaban J connectivity index is 1.85. The van der Waals surface area contributed by atoms with Crippen LogP contribution in [0.4, 0.5) is 0 Å². The molecule has 0 aliphatic carbocycles. The molecule has 0 aliphatic rings. The second kappa shape index (κ2) is 9.99. The molecule has 0 amide bonds. The number of hydrogen-bond donors (Lipinski definition) is 0. The molecular formula is C24H26N4O3S. The number of carbonyl (C=O) groups excluding carboxylic acids is 1. The second-order valence-electron chi connectivity index (χ2n) is 7.28. The molecule has 1 atom stereocenters. The van der Waals surface area contributed by atoms with Crippen LogP contribution in [-0.4, -0.2) is 44.5 Å². The van der Waals surface area contributed by atoms with E-state index in [0.717, 1.165) is 29.3 Å². The highest BCUT2D eigenvalue weighted by atomic mass is 32.2. The molecule has 0 aliphatic heterocycles. The Bertz CT molecular complexity index is 1240. The molecule has 4 rings (SSSR count). The number of para-hydroxylation sites is 2. The first kappa shape index (κ1) is 22.1. The summed E-state index contributed by atoms with van der Waals surface area (Å²) in [6.07, 6.45) is 2.64. The Morgan fingerprint density at radius 3 is 2.66 bits per heavy atom. The number of benzene rings is 2. The van der Waals surface area contributed by atoms with Crippen molar-refractivity contribution in [2.75, 3.05) is 13.7 Å². The number of aromatic nitrogens is 4. The lowest BCUT2D eigenvalue weighted by Crippen LogP contribution is -2.21. The fraction of sp³-hybridized carbons (Fsp3) is 0.333. The van der Waals surface area contributed by atoms with Crippen LogP contribution in [-0.2, 0) is 9.53 Å². The SMILES string of the molecule is CCCC[C@@H](Sc1nc2ccccc2c2nc(-c3ccccc3OC)nn12)C(=O)OCC. The summed E-state index contributed by atoms with van der Waals surface area (Å²) in [4.78, 5) is 22.3. The number of fused-ring (bicyclic) bond motifs is 3. The Morgan fingerprint density at radius 1 is 1.09 bits per heavy atom. The van der Waals surface area contributed by atoms with E-state index in [4.69, 9.17) is 24.5 Å². The summed E-state index contributed by atoms with van der Waals surface area (Å²) < 4.78 is 12.6. The van der Waals surface area contributed by atoms with Crippen LogP contribution in [0, 0.1) is 0 Å². The summed E-state index contributed by atoms with van der Waals surface area (Å²) >= 11 is 1.38. The fourth-order valence-electron chi connectivity index (χ4n) is 3.53. The number of esters is 1. The average molecular weight is 451 g/mol. The molecule has 166 valence electrons. The van der Waals surface area contributed by atoms with Gasteiger partial charge in [-0.3, -0.25) is 4.79 Å². The maximum Gasteiger partial charge on any atom is 0.319 e. The van der Waals surface area contributed by atoms with Gasteiger partial charge < -0.3 is 9.47 Å². The highest BCUT2D eigenvalue weighted by molar-refractivity contribution is 8.00. The Kier molecular flexibility index (Phi) is 6.90. The average Bonchev–Trinajstić information content (AvgIpc) is 3.27. The minimum atomic E-state index is -0.356. The summed E-state index contributed by atoms with van der Waals surface area (Å²) in [7, 11) is 1.63. The number of rotatable bonds is 9. The topological polar surface area (TPSA) is 78.6 Å². The summed E-state index contributed by atoms with van der Waals surface area (Å²) in [5, 5.41) is 5.92. The number of thioether (sulfide) groups is 1. The molecule has 0 unspecified atom stereocenters. The van der Waals surface area contributed by atoms with Crippen molar-refractivity contribution in [2.45, 2.75) is 43.5 Å².